The van der Waals surface area contributed by atoms with Crippen LogP contribution in [0.4, 0.5) is 5.69 Å². The molecule has 0 aliphatic rings. The number of pyridine rings is 1. The van der Waals surface area contributed by atoms with Crippen LogP contribution in [-0.2, 0) is 11.2 Å². The molecule has 0 unspecified atom stereocenters. The van der Waals surface area contributed by atoms with Gasteiger partial charge in [-0.15, -0.1) is 0 Å². The van der Waals surface area contributed by atoms with E-state index in [1.165, 1.54) is 0 Å². The maximum atomic E-state index is 13.2. The Balaban J connectivity index is 1.63. The average Bonchev–Trinajstić information content (AvgIpc) is 3.39. The summed E-state index contributed by atoms with van der Waals surface area (Å²) in [7, 11) is 0. The third-order valence-electron chi connectivity index (χ3n) is 5.70. The van der Waals surface area contributed by atoms with Gasteiger partial charge in [0, 0.05) is 17.3 Å². The number of benzene rings is 1. The van der Waals surface area contributed by atoms with Gasteiger partial charge in [-0.2, -0.15) is 5.10 Å². The fourth-order valence-corrected chi connectivity index (χ4v) is 4.01. The fourth-order valence-electron chi connectivity index (χ4n) is 4.01. The summed E-state index contributed by atoms with van der Waals surface area (Å²) in [5, 5.41) is 10.7. The van der Waals surface area contributed by atoms with Gasteiger partial charge in [0.2, 0.25) is 5.91 Å². The molecule has 0 spiro atoms. The van der Waals surface area contributed by atoms with Crippen LogP contribution in [0.15, 0.2) is 47.0 Å². The van der Waals surface area contributed by atoms with Gasteiger partial charge in [-0.1, -0.05) is 25.1 Å². The number of nitrogens with zero attached hydrogens (tertiary/aromatic N) is 3. The van der Waals surface area contributed by atoms with E-state index in [4.69, 9.17) is 9.40 Å². The number of nitrogens with one attached hydrogen (secondary N) is 2. The van der Waals surface area contributed by atoms with Crippen molar-refractivity contribution in [1.82, 2.24) is 20.1 Å². The highest BCUT2D eigenvalue weighted by molar-refractivity contribution is 6.08. The lowest BCUT2D eigenvalue weighted by Gasteiger charge is -2.12. The van der Waals surface area contributed by atoms with Crippen molar-refractivity contribution in [3.63, 3.8) is 0 Å². The molecule has 1 aromatic carbocycles. The van der Waals surface area contributed by atoms with Gasteiger partial charge in [-0.05, 0) is 57.9 Å². The normalized spacial score (nSPS) is 11.2. The number of furan rings is 1. The first kappa shape index (κ1) is 23.2. The number of aryl methyl sites for hydroxylation is 3. The summed E-state index contributed by atoms with van der Waals surface area (Å²) in [6.07, 6.45) is 2.44. The molecular weight excluding hydrogens is 430 g/mol. The number of carbonyl (C=O) groups excluding carboxylic acids is 2. The minimum atomic E-state index is -0.367. The number of aromatic nitrogens is 3. The molecular formula is C26H29N5O3. The van der Waals surface area contributed by atoms with Crippen LogP contribution in [0.3, 0.4) is 0 Å². The predicted octanol–water partition coefficient (Wildman–Crippen LogP) is 4.82. The van der Waals surface area contributed by atoms with Crippen molar-refractivity contribution in [3.8, 4) is 11.3 Å². The van der Waals surface area contributed by atoms with Crippen LogP contribution in [0.5, 0.6) is 0 Å². The minimum absolute atomic E-state index is 0.0627. The number of hydrogen-bond donors (Lipinski definition) is 2. The van der Waals surface area contributed by atoms with Gasteiger partial charge in [-0.3, -0.25) is 9.59 Å². The van der Waals surface area contributed by atoms with E-state index in [1.54, 1.807) is 16.9 Å². The van der Waals surface area contributed by atoms with Crippen LogP contribution >= 0.6 is 0 Å². The van der Waals surface area contributed by atoms with E-state index in [-0.39, 0.29) is 24.4 Å². The van der Waals surface area contributed by atoms with E-state index in [2.05, 4.69) is 15.7 Å². The smallest absolute Gasteiger partial charge is 0.252 e. The highest BCUT2D eigenvalue weighted by Gasteiger charge is 2.20. The zero-order chi connectivity index (χ0) is 24.4. The van der Waals surface area contributed by atoms with Gasteiger partial charge in [-0.25, -0.2) is 9.67 Å². The summed E-state index contributed by atoms with van der Waals surface area (Å²) in [4.78, 5) is 30.5. The Bertz CT molecular complexity index is 1370. The number of fused-ring (bicyclic) bond motifs is 1. The van der Waals surface area contributed by atoms with Crippen LogP contribution < -0.4 is 10.6 Å². The Labute approximate surface area is 198 Å². The molecule has 2 N–H and O–H groups in total. The van der Waals surface area contributed by atoms with Gasteiger partial charge in [0.15, 0.2) is 5.65 Å². The van der Waals surface area contributed by atoms with Crippen molar-refractivity contribution in [2.45, 2.75) is 47.1 Å². The van der Waals surface area contributed by atoms with E-state index < -0.39 is 0 Å². The minimum Gasteiger partial charge on any atom is -0.466 e. The molecule has 8 nitrogen and oxygen atoms in total. The van der Waals surface area contributed by atoms with Gasteiger partial charge >= 0.3 is 0 Å². The van der Waals surface area contributed by atoms with Gasteiger partial charge < -0.3 is 15.1 Å². The van der Waals surface area contributed by atoms with Gasteiger partial charge in [0.05, 0.1) is 29.4 Å². The van der Waals surface area contributed by atoms with Crippen LogP contribution in [0.2, 0.25) is 0 Å². The molecule has 3 aromatic heterocycles. The molecule has 3 heterocycles. The summed E-state index contributed by atoms with van der Waals surface area (Å²) in [6, 6.07) is 11.3. The molecule has 176 valence electrons. The first-order valence-electron chi connectivity index (χ1n) is 11.4. The summed E-state index contributed by atoms with van der Waals surface area (Å²) in [5.41, 5.74) is 4.25. The molecule has 0 atom stereocenters. The number of para-hydroxylation sites is 1. The fraction of sp³-hybridized carbons (Fsp3) is 0.308. The monoisotopic (exact) mass is 459 g/mol. The third-order valence-corrected chi connectivity index (χ3v) is 5.70. The molecule has 34 heavy (non-hydrogen) atoms. The maximum absolute atomic E-state index is 13.2. The predicted molar refractivity (Wildman–Crippen MR) is 132 cm³/mol. The molecule has 0 saturated carbocycles. The van der Waals surface area contributed by atoms with Crippen molar-refractivity contribution < 1.29 is 14.0 Å². The number of rotatable bonds is 7. The molecule has 0 aliphatic carbocycles. The molecule has 0 radical (unpaired) electrons. The molecule has 0 fully saturated rings. The largest absolute Gasteiger partial charge is 0.466 e. The van der Waals surface area contributed by atoms with Gasteiger partial charge in [0.1, 0.15) is 11.5 Å². The van der Waals surface area contributed by atoms with Crippen molar-refractivity contribution in [3.05, 3.63) is 65.2 Å². The molecule has 0 saturated heterocycles. The second-order valence-electron chi connectivity index (χ2n) is 8.54. The summed E-state index contributed by atoms with van der Waals surface area (Å²) < 4.78 is 7.46. The zero-order valence-corrected chi connectivity index (χ0v) is 20.1. The van der Waals surface area contributed by atoms with E-state index in [0.29, 0.717) is 22.3 Å². The Kier molecular flexibility index (Phi) is 6.49. The molecule has 0 bridgehead atoms. The van der Waals surface area contributed by atoms with Crippen LogP contribution in [0.1, 0.15) is 54.3 Å². The lowest BCUT2D eigenvalue weighted by Crippen LogP contribution is -2.33. The van der Waals surface area contributed by atoms with Crippen molar-refractivity contribution >= 4 is 28.5 Å². The van der Waals surface area contributed by atoms with Crippen molar-refractivity contribution in [2.24, 2.45) is 0 Å². The van der Waals surface area contributed by atoms with Crippen molar-refractivity contribution in [2.75, 3.05) is 11.9 Å². The third kappa shape index (κ3) is 4.57. The van der Waals surface area contributed by atoms with Crippen molar-refractivity contribution in [1.29, 1.82) is 0 Å². The number of hydrogen-bond acceptors (Lipinski definition) is 5. The number of carbonyl (C=O) groups is 2. The highest BCUT2D eigenvalue weighted by Crippen LogP contribution is 2.30. The standard InChI is InChI=1S/C26H29N5O3/c1-6-18-9-7-8-10-22(18)29-24(32)14-27-26(33)20-12-23(19-11-16(4)34-17(19)5)30-25-21(20)13-28-31(25)15(2)3/h7-13,15H,6,14H2,1-5H3,(H,27,33)(H,29,32). The lowest BCUT2D eigenvalue weighted by molar-refractivity contribution is -0.115. The Morgan fingerprint density at radius 3 is 2.59 bits per heavy atom. The second-order valence-corrected chi connectivity index (χ2v) is 8.54. The zero-order valence-electron chi connectivity index (χ0n) is 20.1. The molecule has 4 aromatic rings. The summed E-state index contributed by atoms with van der Waals surface area (Å²) >= 11 is 0. The molecule has 0 aliphatic heterocycles. The maximum Gasteiger partial charge on any atom is 0.252 e. The first-order valence-corrected chi connectivity index (χ1v) is 11.4. The van der Waals surface area contributed by atoms with E-state index in [1.807, 2.05) is 65.0 Å². The number of amides is 2. The summed E-state index contributed by atoms with van der Waals surface area (Å²) in [5.74, 6) is 0.829. The van der Waals surface area contributed by atoms with E-state index >= 15 is 0 Å². The Hall–Kier alpha value is -3.94. The number of anilines is 1. The van der Waals surface area contributed by atoms with E-state index in [0.717, 1.165) is 34.8 Å². The lowest BCUT2D eigenvalue weighted by atomic mass is 10.1. The summed E-state index contributed by atoms with van der Waals surface area (Å²) in [6.45, 7) is 9.62. The second kappa shape index (κ2) is 9.51. The molecule has 2 amide bonds. The highest BCUT2D eigenvalue weighted by atomic mass is 16.3. The molecule has 8 heteroatoms. The Morgan fingerprint density at radius 2 is 1.91 bits per heavy atom. The average molecular weight is 460 g/mol. The topological polar surface area (TPSA) is 102 Å². The molecule has 4 rings (SSSR count). The van der Waals surface area contributed by atoms with Gasteiger partial charge in [0.25, 0.3) is 5.91 Å². The first-order chi connectivity index (χ1) is 16.3. The SMILES string of the molecule is CCc1ccccc1NC(=O)CNC(=O)c1cc(-c2cc(C)oc2C)nc2c1cnn2C(C)C. The Morgan fingerprint density at radius 1 is 1.15 bits per heavy atom. The van der Waals surface area contributed by atoms with Crippen LogP contribution in [0.25, 0.3) is 22.3 Å². The van der Waals surface area contributed by atoms with E-state index in [9.17, 15) is 9.59 Å². The van der Waals surface area contributed by atoms with Crippen LogP contribution in [0, 0.1) is 13.8 Å². The quantitative estimate of drug-likeness (QED) is 0.413. The van der Waals surface area contributed by atoms with Crippen LogP contribution in [-0.4, -0.2) is 33.1 Å².